The first kappa shape index (κ1) is 18.2. The third-order valence-electron chi connectivity index (χ3n) is 4.36. The van der Waals surface area contributed by atoms with E-state index in [4.69, 9.17) is 4.74 Å². The second kappa shape index (κ2) is 7.99. The van der Waals surface area contributed by atoms with Gasteiger partial charge >= 0.3 is 0 Å². The molecule has 5 heteroatoms. The van der Waals surface area contributed by atoms with Crippen molar-refractivity contribution >= 4 is 5.96 Å². The lowest BCUT2D eigenvalue weighted by Crippen LogP contribution is -2.55. The molecule has 0 aliphatic carbocycles. The van der Waals surface area contributed by atoms with E-state index in [9.17, 15) is 0 Å². The van der Waals surface area contributed by atoms with Crippen molar-refractivity contribution in [2.24, 2.45) is 4.99 Å². The Hall–Kier alpha value is -0.810. The maximum Gasteiger partial charge on any atom is 0.191 e. The Balaban J connectivity index is 2.43. The fourth-order valence-corrected chi connectivity index (χ4v) is 2.50. The van der Waals surface area contributed by atoms with E-state index in [1.54, 1.807) is 7.11 Å². The second-order valence-electron chi connectivity index (χ2n) is 7.10. The van der Waals surface area contributed by atoms with Gasteiger partial charge < -0.3 is 15.4 Å². The minimum absolute atomic E-state index is 0.148. The van der Waals surface area contributed by atoms with Crippen LogP contribution in [-0.2, 0) is 4.74 Å². The molecule has 0 radical (unpaired) electrons. The second-order valence-corrected chi connectivity index (χ2v) is 7.10. The van der Waals surface area contributed by atoms with Gasteiger partial charge in [0.25, 0.3) is 0 Å². The highest BCUT2D eigenvalue weighted by Gasteiger charge is 2.28. The molecule has 5 nitrogen and oxygen atoms in total. The van der Waals surface area contributed by atoms with E-state index in [1.165, 1.54) is 32.4 Å². The zero-order valence-corrected chi connectivity index (χ0v) is 14.8. The highest BCUT2D eigenvalue weighted by molar-refractivity contribution is 5.79. The molecule has 0 aromatic rings. The molecule has 2 N–H and O–H groups in total. The molecule has 0 atom stereocenters. The first-order valence-corrected chi connectivity index (χ1v) is 8.05. The predicted molar refractivity (Wildman–Crippen MR) is 90.0 cm³/mol. The van der Waals surface area contributed by atoms with Crippen LogP contribution in [0.25, 0.3) is 0 Å². The maximum absolute atomic E-state index is 5.42. The Kier molecular flexibility index (Phi) is 6.94. The summed E-state index contributed by atoms with van der Waals surface area (Å²) >= 11 is 0. The summed E-state index contributed by atoms with van der Waals surface area (Å²) in [5.74, 6) is 0.838. The van der Waals surface area contributed by atoms with E-state index in [0.29, 0.717) is 0 Å². The summed E-state index contributed by atoms with van der Waals surface area (Å²) in [6.45, 7) is 12.8. The largest absolute Gasteiger partial charge is 0.377 e. The fourth-order valence-electron chi connectivity index (χ4n) is 2.50. The van der Waals surface area contributed by atoms with Gasteiger partial charge in [-0.05, 0) is 53.6 Å². The summed E-state index contributed by atoms with van der Waals surface area (Å²) in [6.07, 6.45) is 4.01. The van der Waals surface area contributed by atoms with Gasteiger partial charge in [0, 0.05) is 32.8 Å². The van der Waals surface area contributed by atoms with Crippen LogP contribution >= 0.6 is 0 Å². The topological polar surface area (TPSA) is 48.9 Å². The standard InChI is InChI=1S/C16H34N4O/c1-15(2,20-10-8-7-9-11-20)12-18-14(17-5)19-13-16(3,4)21-6/h7-13H2,1-6H3,(H2,17,18,19). The lowest BCUT2D eigenvalue weighted by atomic mass is 9.98. The minimum atomic E-state index is -0.194. The van der Waals surface area contributed by atoms with E-state index >= 15 is 0 Å². The SMILES string of the molecule is CN=C(NCC(C)(C)OC)NCC(C)(C)N1CCCCC1. The van der Waals surface area contributed by atoms with Crippen LogP contribution in [0.3, 0.4) is 0 Å². The number of hydrogen-bond donors (Lipinski definition) is 2. The third kappa shape index (κ3) is 6.22. The Morgan fingerprint density at radius 2 is 1.62 bits per heavy atom. The quantitative estimate of drug-likeness (QED) is 0.580. The minimum Gasteiger partial charge on any atom is -0.377 e. The number of nitrogens with zero attached hydrogens (tertiary/aromatic N) is 2. The van der Waals surface area contributed by atoms with Crippen molar-refractivity contribution in [3.8, 4) is 0 Å². The Labute approximate surface area is 130 Å². The van der Waals surface area contributed by atoms with Crippen LogP contribution < -0.4 is 10.6 Å². The van der Waals surface area contributed by atoms with Gasteiger partial charge in [-0.15, -0.1) is 0 Å². The molecular weight excluding hydrogens is 264 g/mol. The normalized spacial score (nSPS) is 18.7. The van der Waals surface area contributed by atoms with Gasteiger partial charge in [-0.2, -0.15) is 0 Å². The monoisotopic (exact) mass is 298 g/mol. The van der Waals surface area contributed by atoms with Crippen LogP contribution in [0.5, 0.6) is 0 Å². The molecule has 1 fully saturated rings. The van der Waals surface area contributed by atoms with Crippen LogP contribution in [0.2, 0.25) is 0 Å². The highest BCUT2D eigenvalue weighted by Crippen LogP contribution is 2.19. The molecule has 124 valence electrons. The van der Waals surface area contributed by atoms with Crippen molar-refractivity contribution in [2.45, 2.75) is 58.1 Å². The van der Waals surface area contributed by atoms with E-state index in [-0.39, 0.29) is 11.1 Å². The third-order valence-corrected chi connectivity index (χ3v) is 4.36. The summed E-state index contributed by atoms with van der Waals surface area (Å²) in [6, 6.07) is 0. The number of piperidine rings is 1. The van der Waals surface area contributed by atoms with Crippen LogP contribution in [0.1, 0.15) is 47.0 Å². The number of likely N-dealkylation sites (tertiary alicyclic amines) is 1. The van der Waals surface area contributed by atoms with E-state index in [0.717, 1.165) is 19.0 Å². The van der Waals surface area contributed by atoms with Gasteiger partial charge in [-0.3, -0.25) is 9.89 Å². The van der Waals surface area contributed by atoms with Crippen LogP contribution in [0.4, 0.5) is 0 Å². The fraction of sp³-hybridized carbons (Fsp3) is 0.938. The van der Waals surface area contributed by atoms with Gasteiger partial charge in [-0.1, -0.05) is 6.42 Å². The van der Waals surface area contributed by atoms with Gasteiger partial charge in [0.05, 0.1) is 5.60 Å². The van der Waals surface area contributed by atoms with Gasteiger partial charge in [0.15, 0.2) is 5.96 Å². The molecule has 1 aliphatic rings. The number of guanidine groups is 1. The molecule has 0 amide bonds. The van der Waals surface area contributed by atoms with Gasteiger partial charge in [0.2, 0.25) is 0 Å². The average molecular weight is 298 g/mol. The van der Waals surface area contributed by atoms with Crippen molar-refractivity contribution < 1.29 is 4.74 Å². The van der Waals surface area contributed by atoms with E-state index < -0.39 is 0 Å². The van der Waals surface area contributed by atoms with E-state index in [2.05, 4.69) is 48.2 Å². The average Bonchev–Trinajstić information content (AvgIpc) is 2.48. The molecular formula is C16H34N4O. The van der Waals surface area contributed by atoms with Crippen LogP contribution in [0, 0.1) is 0 Å². The van der Waals surface area contributed by atoms with Crippen molar-refractivity contribution in [1.82, 2.24) is 15.5 Å². The summed E-state index contributed by atoms with van der Waals surface area (Å²) < 4.78 is 5.42. The van der Waals surface area contributed by atoms with Crippen molar-refractivity contribution in [2.75, 3.05) is 40.3 Å². The zero-order valence-electron chi connectivity index (χ0n) is 14.8. The lowest BCUT2D eigenvalue weighted by Gasteiger charge is -2.41. The predicted octanol–water partition coefficient (Wildman–Crippen LogP) is 1.84. The smallest absolute Gasteiger partial charge is 0.191 e. The molecule has 0 spiro atoms. The molecule has 1 aliphatic heterocycles. The zero-order chi connectivity index (χ0) is 15.9. The van der Waals surface area contributed by atoms with E-state index in [1.807, 2.05) is 7.05 Å². The molecule has 0 unspecified atom stereocenters. The van der Waals surface area contributed by atoms with Crippen LogP contribution in [0.15, 0.2) is 4.99 Å². The molecule has 21 heavy (non-hydrogen) atoms. The molecule has 1 rings (SSSR count). The molecule has 0 aromatic carbocycles. The Bertz CT molecular complexity index is 333. The number of rotatable bonds is 6. The molecule has 1 saturated heterocycles. The number of aliphatic imine (C=N–C) groups is 1. The number of methoxy groups -OCH3 is 1. The summed E-state index contributed by atoms with van der Waals surface area (Å²) in [5, 5.41) is 6.78. The number of hydrogen-bond acceptors (Lipinski definition) is 3. The van der Waals surface area contributed by atoms with Crippen molar-refractivity contribution in [3.63, 3.8) is 0 Å². The molecule has 0 saturated carbocycles. The first-order valence-electron chi connectivity index (χ1n) is 8.05. The highest BCUT2D eigenvalue weighted by atomic mass is 16.5. The summed E-state index contributed by atoms with van der Waals surface area (Å²) in [4.78, 5) is 6.87. The Morgan fingerprint density at radius 3 is 2.14 bits per heavy atom. The summed E-state index contributed by atoms with van der Waals surface area (Å²) in [5.41, 5.74) is -0.0468. The van der Waals surface area contributed by atoms with Crippen molar-refractivity contribution in [3.05, 3.63) is 0 Å². The first-order chi connectivity index (χ1) is 9.80. The number of nitrogens with one attached hydrogen (secondary N) is 2. The van der Waals surface area contributed by atoms with Gasteiger partial charge in [0.1, 0.15) is 0 Å². The lowest BCUT2D eigenvalue weighted by molar-refractivity contribution is 0.0267. The maximum atomic E-state index is 5.42. The van der Waals surface area contributed by atoms with Crippen LogP contribution in [-0.4, -0.2) is 62.3 Å². The molecule has 1 heterocycles. The summed E-state index contributed by atoms with van der Waals surface area (Å²) in [7, 11) is 3.54. The van der Waals surface area contributed by atoms with Crippen molar-refractivity contribution in [1.29, 1.82) is 0 Å². The number of ether oxygens (including phenoxy) is 1. The molecule has 0 aromatic heterocycles. The van der Waals surface area contributed by atoms with Gasteiger partial charge in [-0.25, -0.2) is 0 Å². The Morgan fingerprint density at radius 1 is 1.05 bits per heavy atom. The molecule has 0 bridgehead atoms.